The number of sulfone groups is 2. The molecule has 0 heterocycles. The first-order valence-electron chi connectivity index (χ1n) is 36.1. The summed E-state index contributed by atoms with van der Waals surface area (Å²) in [4.78, 5) is 54.1. The number of aryl methyl sites for hydroxylation is 1. The second-order valence-electron chi connectivity index (χ2n) is 27.7. The van der Waals surface area contributed by atoms with E-state index in [2.05, 4.69) is 4.89 Å². The summed E-state index contributed by atoms with van der Waals surface area (Å²) in [7, 11) is 0.854. The minimum atomic E-state index is -5.74. The third-order valence-electron chi connectivity index (χ3n) is 18.6. The van der Waals surface area contributed by atoms with Gasteiger partial charge in [-0.05, 0) is 287 Å². The Labute approximate surface area is 830 Å². The first-order valence-corrected chi connectivity index (χ1v) is 39.1. The van der Waals surface area contributed by atoms with E-state index in [1.165, 1.54) is 116 Å². The third-order valence-corrected chi connectivity index (χ3v) is 22.1. The monoisotopic (exact) mass is 1940 g/mol. The summed E-state index contributed by atoms with van der Waals surface area (Å²) in [5.74, 6) is -4.81. The van der Waals surface area contributed by atoms with Crippen molar-refractivity contribution in [3.63, 3.8) is 0 Å². The smallest absolute Gasteiger partial charge is 1.00 e. The Balaban J connectivity index is 0.000000596. The predicted molar refractivity (Wildman–Crippen MR) is 443 cm³/mol. The molecule has 682 valence electrons. The Hall–Kier alpha value is -9.53. The maximum atomic E-state index is 14.4. The minimum Gasteiger partial charge on any atom is -1.00 e. The van der Waals surface area contributed by atoms with Crippen LogP contribution in [0.1, 0.15) is 103 Å². The standard InChI is InChI=1S/C32H29F6NO4S.C27H15F3O3.C15H10F6O2.C15H15F2NO2S.CH2O3.2CH4.ClH.2K.H/c1-21-5-16-29(19-22(21)20-39(2)3)44(40,41)28-17-14-27(15-18-28)43-26-12-8-24(9-13-26)30(31(33,34)35,32(36,37)38)23-6-10-25(42-4)11-7-23;28-22-7-1-16(2-8-22)25(31)19-13-20(26(32)17-3-9-23(29)10-4-17)15-21(14-19)27(33)18-5-11-24(30)12-6-18;16-14(17,18)13(15(19,20)21,9-1-5-11(22)6-2-9)10-3-7-12(23)8-4-10;1-18(2)10-11-9-14(7-8-15(11)17)21(19,20)13-5-3-12(16)4-6-13;2-1-4-3;;;;;;/h5-19H,20H2,1-4H3;1-15H;1-8,22-23H;3-9H,10H2,1-2H3;1,3H;2*1H4;1H;;;/q;;;;;;;;2*+1;-1/p-1. The zero-order valence-electron chi connectivity index (χ0n) is 69.3. The Morgan fingerprint density at radius 1 is 0.377 bits per heavy atom. The van der Waals surface area contributed by atoms with Crippen molar-refractivity contribution < 1.29 is 245 Å². The Morgan fingerprint density at radius 3 is 0.908 bits per heavy atom. The van der Waals surface area contributed by atoms with Gasteiger partial charge in [0.25, 0.3) is 6.47 Å². The molecule has 0 aliphatic rings. The molecule has 12 aromatic rings. The van der Waals surface area contributed by atoms with Crippen LogP contribution in [0.5, 0.6) is 28.7 Å². The van der Waals surface area contributed by atoms with Gasteiger partial charge < -0.3 is 41.1 Å². The summed E-state index contributed by atoms with van der Waals surface area (Å²) < 4.78 is 296. The van der Waals surface area contributed by atoms with E-state index in [0.29, 0.717) is 55.1 Å². The normalized spacial score (nSPS) is 11.4. The van der Waals surface area contributed by atoms with E-state index in [-0.39, 0.29) is 208 Å². The Bertz CT molecular complexity index is 5740. The zero-order chi connectivity index (χ0) is 92.5. The van der Waals surface area contributed by atoms with Gasteiger partial charge in [-0.2, -0.15) is 52.7 Å². The summed E-state index contributed by atoms with van der Waals surface area (Å²) >= 11 is 0. The fourth-order valence-corrected chi connectivity index (χ4v) is 15.2. The molecule has 2 N–H and O–H groups in total. The average Bonchev–Trinajstić information content (AvgIpc) is 0.719. The van der Waals surface area contributed by atoms with Gasteiger partial charge in [0.15, 0.2) is 17.3 Å². The van der Waals surface area contributed by atoms with Crippen LogP contribution in [0.4, 0.5) is 74.6 Å². The fourth-order valence-electron chi connectivity index (χ4n) is 12.5. The number of methoxy groups -OCH3 is 1. The summed E-state index contributed by atoms with van der Waals surface area (Å²) in [6.07, 6.45) is -22.9. The molecule has 0 aliphatic carbocycles. The number of hydrogen-bond donors (Lipinski definition) is 2. The third kappa shape index (κ3) is 28.0. The molecule has 0 aliphatic heterocycles. The Kier molecular flexibility index (Phi) is 43.0. The average molecular weight is 1940 g/mol. The molecule has 0 atom stereocenters. The minimum absolute atomic E-state index is 0. The number of carbonyl (C=O) groups is 4. The van der Waals surface area contributed by atoms with Crippen molar-refractivity contribution in [1.29, 1.82) is 0 Å². The molecule has 0 bridgehead atoms. The van der Waals surface area contributed by atoms with Crippen LogP contribution in [0, 0.1) is 36.0 Å². The van der Waals surface area contributed by atoms with Crippen molar-refractivity contribution in [2.45, 2.75) is 90.0 Å². The second kappa shape index (κ2) is 48.7. The van der Waals surface area contributed by atoms with Gasteiger partial charge in [-0.3, -0.25) is 19.2 Å². The Morgan fingerprint density at radius 2 is 0.623 bits per heavy atom. The van der Waals surface area contributed by atoms with Crippen LogP contribution >= 0.6 is 12.4 Å². The number of halogens is 18. The fraction of sp³-hybridized carbons (Fsp3) is 0.174. The molecular weight excluding hydrogens is 1860 g/mol. The van der Waals surface area contributed by atoms with Crippen LogP contribution in [-0.4, -0.2) is 121 Å². The van der Waals surface area contributed by atoms with E-state index in [9.17, 15) is 106 Å². The van der Waals surface area contributed by atoms with E-state index in [4.69, 9.17) is 29.7 Å². The van der Waals surface area contributed by atoms with E-state index in [1.54, 1.807) is 31.1 Å². The van der Waals surface area contributed by atoms with Crippen LogP contribution in [0.15, 0.2) is 293 Å². The first kappa shape index (κ1) is 115. The van der Waals surface area contributed by atoms with Crippen LogP contribution in [0.2, 0.25) is 0 Å². The number of ketones is 3. The van der Waals surface area contributed by atoms with Gasteiger partial charge in [-0.15, -0.1) is 12.4 Å². The molecule has 130 heavy (non-hydrogen) atoms. The van der Waals surface area contributed by atoms with Crippen LogP contribution in [0.3, 0.4) is 0 Å². The molecule has 0 saturated carbocycles. The van der Waals surface area contributed by atoms with Gasteiger partial charge in [0.2, 0.25) is 30.5 Å². The largest absolute Gasteiger partial charge is 1.00 e. The van der Waals surface area contributed by atoms with Gasteiger partial charge in [0, 0.05) is 52.0 Å². The maximum absolute atomic E-state index is 14.4. The van der Waals surface area contributed by atoms with E-state index in [0.717, 1.165) is 126 Å². The van der Waals surface area contributed by atoms with Crippen molar-refractivity contribution in [3.8, 4) is 28.7 Å². The molecule has 0 radical (unpaired) electrons. The topological polar surface area (TPSA) is 234 Å². The molecular formula is C92H80ClF17K2N2O14S2. The first-order chi connectivity index (χ1) is 58.5. The molecule has 12 rings (SSSR count). The number of phenolic OH excluding ortho intramolecular Hbond substituents is 2. The summed E-state index contributed by atoms with van der Waals surface area (Å²) in [5, 5.41) is 26.7. The molecule has 16 nitrogen and oxygen atoms in total. The molecule has 0 unspecified atom stereocenters. The number of nitrogens with zero attached hydrogens (tertiary/aromatic N) is 2. The van der Waals surface area contributed by atoms with E-state index in [1.807, 2.05) is 25.9 Å². The van der Waals surface area contributed by atoms with Crippen molar-refractivity contribution in [3.05, 3.63) is 374 Å². The summed E-state index contributed by atoms with van der Waals surface area (Å²) in [5.41, 5.74) is -10.1. The number of carbonyl (C=O) groups excluding carboxylic acids is 4. The van der Waals surface area contributed by atoms with Gasteiger partial charge in [-0.1, -0.05) is 69.5 Å². The second-order valence-corrected chi connectivity index (χ2v) is 31.6. The molecule has 0 aromatic heterocycles. The van der Waals surface area contributed by atoms with Crippen molar-refractivity contribution >= 4 is 55.9 Å². The number of hydrogen-bond acceptors (Lipinski definition) is 16. The quantitative estimate of drug-likeness (QED) is 0.0122. The van der Waals surface area contributed by atoms with E-state index < -0.39 is 135 Å². The van der Waals surface area contributed by atoms with Crippen molar-refractivity contribution in [2.24, 2.45) is 0 Å². The number of rotatable bonds is 22. The maximum Gasteiger partial charge on any atom is 1.00 e. The number of ether oxygens (including phenoxy) is 2. The number of aromatic hydroxyl groups is 2. The SMILES string of the molecule is C.C.CN(C)Cc1cc(S(=O)(=O)c2ccc(F)cc2)ccc1F.COc1ccc(C(c2ccc(Oc3ccc(S(=O)(=O)c4ccc(C)c(CN(C)C)c4)cc3)cc2)(C(F)(F)F)C(F)(F)F)cc1.Cl.O=C(c1ccc(F)cc1)c1cc(C(=O)c2ccc(F)cc2)cc(C(=O)c2ccc(F)cc2)c1.O=CO[O-].Oc1ccc(C(c2ccc(O)cc2)(C(F)(F)F)C(F)(F)F)cc1.[H-].[K+].[K+]. The number of phenols is 2. The van der Waals surface area contributed by atoms with Crippen LogP contribution < -0.4 is 118 Å². The van der Waals surface area contributed by atoms with Crippen LogP contribution in [0.25, 0.3) is 0 Å². The molecule has 0 spiro atoms. The van der Waals surface area contributed by atoms with Gasteiger partial charge >= 0.3 is 127 Å². The predicted octanol–water partition coefficient (Wildman–Crippen LogP) is 15.5. The van der Waals surface area contributed by atoms with Gasteiger partial charge in [-0.25, -0.2) is 38.8 Å². The van der Waals surface area contributed by atoms with E-state index >= 15 is 0 Å². The number of alkyl halides is 12. The molecule has 0 fully saturated rings. The summed E-state index contributed by atoms with van der Waals surface area (Å²) in [6, 6.07) is 49.2. The molecule has 38 heteroatoms. The zero-order valence-corrected chi connectivity index (χ0v) is 77.0. The van der Waals surface area contributed by atoms with Crippen molar-refractivity contribution in [2.75, 3.05) is 35.3 Å². The van der Waals surface area contributed by atoms with Gasteiger partial charge in [0.1, 0.15) is 57.8 Å². The number of benzene rings is 12. The molecule has 12 aromatic carbocycles. The van der Waals surface area contributed by atoms with Crippen LogP contribution in [-0.2, 0) is 53.3 Å². The van der Waals surface area contributed by atoms with Crippen molar-refractivity contribution in [1.82, 2.24) is 9.80 Å². The summed E-state index contributed by atoms with van der Waals surface area (Å²) in [6.45, 7) is 2.55. The molecule has 0 saturated heterocycles. The van der Waals surface area contributed by atoms with Gasteiger partial charge in [0.05, 0.1) is 26.7 Å². The molecule has 0 amide bonds.